The van der Waals surface area contributed by atoms with E-state index in [9.17, 15) is 9.59 Å². The summed E-state index contributed by atoms with van der Waals surface area (Å²) in [5.74, 6) is 0.628. The van der Waals surface area contributed by atoms with E-state index in [1.54, 1.807) is 6.26 Å². The molecule has 2 unspecified atom stereocenters. The molecule has 1 aromatic carbocycles. The zero-order valence-electron chi connectivity index (χ0n) is 13.9. The van der Waals surface area contributed by atoms with Gasteiger partial charge in [-0.15, -0.1) is 0 Å². The lowest BCUT2D eigenvalue weighted by Crippen LogP contribution is -2.32. The third-order valence-electron chi connectivity index (χ3n) is 5.37. The number of rotatable bonds is 4. The highest BCUT2D eigenvalue weighted by Crippen LogP contribution is 2.43. The van der Waals surface area contributed by atoms with Crippen LogP contribution in [0.3, 0.4) is 0 Å². The SMILES string of the molecule is O=C1NC(=O)C(CC2C3=C(CC[C@@H]2Cc2ccccc2)COC=C3)S1. The molecule has 0 bridgehead atoms. The Bertz CT molecular complexity index is 741. The fourth-order valence-corrected chi connectivity index (χ4v) is 5.04. The fourth-order valence-electron chi connectivity index (χ4n) is 4.15. The summed E-state index contributed by atoms with van der Waals surface area (Å²) in [4.78, 5) is 23.6. The number of carbonyl (C=O) groups excluding carboxylic acids is 2. The smallest absolute Gasteiger partial charge is 0.286 e. The number of nitrogens with one attached hydrogen (secondary N) is 1. The van der Waals surface area contributed by atoms with Crippen LogP contribution in [-0.2, 0) is 16.0 Å². The monoisotopic (exact) mass is 355 g/mol. The molecule has 4 rings (SSSR count). The number of hydrogen-bond donors (Lipinski definition) is 1. The normalized spacial score (nSPS) is 28.6. The second-order valence-corrected chi connectivity index (χ2v) is 8.06. The summed E-state index contributed by atoms with van der Waals surface area (Å²) in [6.07, 6.45) is 7.70. The molecule has 130 valence electrons. The molecule has 5 heteroatoms. The Morgan fingerprint density at radius 3 is 2.80 bits per heavy atom. The van der Waals surface area contributed by atoms with Crippen LogP contribution in [0.1, 0.15) is 24.8 Å². The van der Waals surface area contributed by atoms with Gasteiger partial charge in [-0.25, -0.2) is 0 Å². The highest BCUT2D eigenvalue weighted by molar-refractivity contribution is 8.15. The molecule has 4 nitrogen and oxygen atoms in total. The lowest BCUT2D eigenvalue weighted by Gasteiger charge is -2.37. The molecule has 2 heterocycles. The van der Waals surface area contributed by atoms with Gasteiger partial charge in [0.1, 0.15) is 6.61 Å². The van der Waals surface area contributed by atoms with Gasteiger partial charge < -0.3 is 4.74 Å². The van der Waals surface area contributed by atoms with Crippen LogP contribution in [0.5, 0.6) is 0 Å². The maximum absolute atomic E-state index is 12.1. The minimum absolute atomic E-state index is 0.141. The Labute approximate surface area is 151 Å². The van der Waals surface area contributed by atoms with Gasteiger partial charge in [0.15, 0.2) is 0 Å². The molecule has 3 aliphatic rings. The minimum Gasteiger partial charge on any atom is -0.497 e. The molecule has 2 amide bonds. The molecule has 1 fully saturated rings. The Hall–Kier alpha value is -2.01. The van der Waals surface area contributed by atoms with Gasteiger partial charge in [0.2, 0.25) is 5.91 Å². The zero-order valence-corrected chi connectivity index (χ0v) is 14.8. The van der Waals surface area contributed by atoms with Crippen molar-refractivity contribution in [1.82, 2.24) is 5.32 Å². The number of carbonyl (C=O) groups is 2. The summed E-state index contributed by atoms with van der Waals surface area (Å²) in [5.41, 5.74) is 4.01. The first-order valence-electron chi connectivity index (χ1n) is 8.76. The Balaban J connectivity index is 1.59. The number of imide groups is 1. The fraction of sp³-hybridized carbons (Fsp3) is 0.400. The van der Waals surface area contributed by atoms with Gasteiger partial charge in [0, 0.05) is 0 Å². The second kappa shape index (κ2) is 7.08. The summed E-state index contributed by atoms with van der Waals surface area (Å²) < 4.78 is 5.47. The van der Waals surface area contributed by atoms with Crippen LogP contribution in [-0.4, -0.2) is 23.0 Å². The standard InChI is InChI=1S/C20H21NO3S/c22-19-18(25-20(23)21-19)11-17-14(10-13-4-2-1-3-5-13)6-7-15-12-24-9-8-16(15)17/h1-5,8-9,14,17-18H,6-7,10-12H2,(H,21,22,23)/t14-,17?,18?/m1/s1. The van der Waals surface area contributed by atoms with Crippen LogP contribution < -0.4 is 5.32 Å². The summed E-state index contributed by atoms with van der Waals surface area (Å²) in [6.45, 7) is 0.656. The van der Waals surface area contributed by atoms with Crippen LogP contribution in [0, 0.1) is 11.8 Å². The van der Waals surface area contributed by atoms with Crippen molar-refractivity contribution in [3.05, 3.63) is 59.4 Å². The molecule has 25 heavy (non-hydrogen) atoms. The van der Waals surface area contributed by atoms with Crippen LogP contribution in [0.25, 0.3) is 0 Å². The first-order valence-corrected chi connectivity index (χ1v) is 9.64. The van der Waals surface area contributed by atoms with Crippen molar-refractivity contribution >= 4 is 22.9 Å². The molecule has 0 aromatic heterocycles. The minimum atomic E-state index is -0.279. The van der Waals surface area contributed by atoms with Crippen molar-refractivity contribution in [1.29, 1.82) is 0 Å². The lowest BCUT2D eigenvalue weighted by atomic mass is 9.70. The predicted molar refractivity (Wildman–Crippen MR) is 98.0 cm³/mol. The van der Waals surface area contributed by atoms with E-state index >= 15 is 0 Å². The number of ether oxygens (including phenoxy) is 1. The molecule has 2 aliphatic heterocycles. The molecule has 0 radical (unpaired) electrons. The van der Waals surface area contributed by atoms with Gasteiger partial charge >= 0.3 is 0 Å². The number of thioether (sulfide) groups is 1. The van der Waals surface area contributed by atoms with Gasteiger partial charge in [0.25, 0.3) is 5.24 Å². The second-order valence-electron chi connectivity index (χ2n) is 6.89. The van der Waals surface area contributed by atoms with Crippen molar-refractivity contribution in [2.24, 2.45) is 11.8 Å². The van der Waals surface area contributed by atoms with E-state index in [1.165, 1.54) is 16.7 Å². The van der Waals surface area contributed by atoms with Gasteiger partial charge in [-0.3, -0.25) is 14.9 Å². The van der Waals surface area contributed by atoms with Crippen LogP contribution in [0.15, 0.2) is 53.8 Å². The van der Waals surface area contributed by atoms with E-state index in [1.807, 2.05) is 6.07 Å². The Kier molecular flexibility index (Phi) is 4.66. The highest BCUT2D eigenvalue weighted by Gasteiger charge is 2.39. The van der Waals surface area contributed by atoms with Crippen molar-refractivity contribution in [3.63, 3.8) is 0 Å². The number of hydrogen-bond acceptors (Lipinski definition) is 4. The van der Waals surface area contributed by atoms with Gasteiger partial charge in [-0.05, 0) is 60.3 Å². The number of allylic oxidation sites excluding steroid dienone is 2. The summed E-state index contributed by atoms with van der Waals surface area (Å²) in [7, 11) is 0. The number of amides is 2. The summed E-state index contributed by atoms with van der Waals surface area (Å²) in [6, 6.07) is 10.5. The van der Waals surface area contributed by atoms with Crippen LogP contribution in [0.4, 0.5) is 4.79 Å². The third-order valence-corrected chi connectivity index (χ3v) is 6.38. The first kappa shape index (κ1) is 16.5. The van der Waals surface area contributed by atoms with Crippen molar-refractivity contribution in [3.8, 4) is 0 Å². The van der Waals surface area contributed by atoms with E-state index in [-0.39, 0.29) is 16.4 Å². The summed E-state index contributed by atoms with van der Waals surface area (Å²) in [5, 5.41) is 1.92. The molecule has 1 aliphatic carbocycles. The molecule has 1 saturated heterocycles. The average molecular weight is 355 g/mol. The molecule has 0 spiro atoms. The summed E-state index contributed by atoms with van der Waals surface area (Å²) >= 11 is 1.14. The van der Waals surface area contributed by atoms with Crippen molar-refractivity contribution in [2.45, 2.75) is 30.9 Å². The molecular weight excluding hydrogens is 334 g/mol. The maximum Gasteiger partial charge on any atom is 0.286 e. The van der Waals surface area contributed by atoms with Gasteiger partial charge in [0.05, 0.1) is 11.5 Å². The van der Waals surface area contributed by atoms with E-state index in [0.29, 0.717) is 24.9 Å². The lowest BCUT2D eigenvalue weighted by molar-refractivity contribution is -0.119. The predicted octanol–water partition coefficient (Wildman–Crippen LogP) is 3.84. The zero-order chi connectivity index (χ0) is 17.2. The van der Waals surface area contributed by atoms with E-state index in [2.05, 4.69) is 35.7 Å². The first-order chi connectivity index (χ1) is 12.2. The Morgan fingerprint density at radius 2 is 2.04 bits per heavy atom. The quantitative estimate of drug-likeness (QED) is 0.892. The van der Waals surface area contributed by atoms with Crippen LogP contribution in [0.2, 0.25) is 0 Å². The average Bonchev–Trinajstić information content (AvgIpc) is 2.95. The largest absolute Gasteiger partial charge is 0.497 e. The molecule has 1 aromatic rings. The van der Waals surface area contributed by atoms with Gasteiger partial charge in [-0.2, -0.15) is 0 Å². The van der Waals surface area contributed by atoms with E-state index in [4.69, 9.17) is 4.74 Å². The molecule has 3 atom stereocenters. The molecular formula is C20H21NO3S. The number of benzene rings is 1. The van der Waals surface area contributed by atoms with E-state index in [0.717, 1.165) is 31.0 Å². The van der Waals surface area contributed by atoms with Crippen molar-refractivity contribution < 1.29 is 14.3 Å². The highest BCUT2D eigenvalue weighted by atomic mass is 32.2. The van der Waals surface area contributed by atoms with Crippen molar-refractivity contribution in [2.75, 3.05) is 6.61 Å². The third kappa shape index (κ3) is 3.52. The Morgan fingerprint density at radius 1 is 1.20 bits per heavy atom. The van der Waals surface area contributed by atoms with E-state index < -0.39 is 0 Å². The molecule has 0 saturated carbocycles. The van der Waals surface area contributed by atoms with Crippen LogP contribution >= 0.6 is 11.8 Å². The van der Waals surface area contributed by atoms with Gasteiger partial charge in [-0.1, -0.05) is 42.1 Å². The maximum atomic E-state index is 12.1. The molecule has 1 N–H and O–H groups in total. The topological polar surface area (TPSA) is 55.4 Å².